The lowest BCUT2D eigenvalue weighted by Crippen LogP contribution is -2.51. The van der Waals surface area contributed by atoms with E-state index in [0.29, 0.717) is 19.6 Å². The monoisotopic (exact) mass is 286 g/mol. The predicted molar refractivity (Wildman–Crippen MR) is 76.7 cm³/mol. The molecule has 0 radical (unpaired) electrons. The molecule has 116 valence electrons. The Morgan fingerprint density at radius 3 is 2.25 bits per heavy atom. The number of urea groups is 1. The average Bonchev–Trinajstić information content (AvgIpc) is 2.36. The fraction of sp³-hybridized carbons (Fsp3) is 0.846. The van der Waals surface area contributed by atoms with Crippen LogP contribution in [0.4, 0.5) is 9.59 Å². The van der Waals surface area contributed by atoms with E-state index in [9.17, 15) is 9.59 Å². The van der Waals surface area contributed by atoms with E-state index in [4.69, 9.17) is 0 Å². The first-order valence-corrected chi connectivity index (χ1v) is 6.93. The number of nitrogens with one attached hydrogen (secondary N) is 2. The Hall–Kier alpha value is -1.50. The van der Waals surface area contributed by atoms with Crippen LogP contribution in [0.1, 0.15) is 20.8 Å². The van der Waals surface area contributed by atoms with Gasteiger partial charge in [0.15, 0.2) is 0 Å². The Morgan fingerprint density at radius 2 is 1.75 bits per heavy atom. The maximum absolute atomic E-state index is 11.6. The zero-order valence-corrected chi connectivity index (χ0v) is 12.9. The van der Waals surface area contributed by atoms with Gasteiger partial charge in [-0.25, -0.2) is 9.59 Å². The molecule has 0 atom stereocenters. The van der Waals surface area contributed by atoms with Crippen molar-refractivity contribution >= 4 is 12.1 Å². The van der Waals surface area contributed by atoms with Gasteiger partial charge in [-0.3, -0.25) is 4.90 Å². The van der Waals surface area contributed by atoms with Gasteiger partial charge in [0, 0.05) is 44.8 Å². The van der Waals surface area contributed by atoms with Crippen LogP contribution in [-0.2, 0) is 4.74 Å². The Morgan fingerprint density at radius 1 is 1.15 bits per heavy atom. The van der Waals surface area contributed by atoms with Crippen molar-refractivity contribution in [2.75, 3.05) is 46.4 Å². The third-order valence-electron chi connectivity index (χ3n) is 3.01. The van der Waals surface area contributed by atoms with E-state index in [1.807, 2.05) is 20.8 Å². The lowest BCUT2D eigenvalue weighted by Gasteiger charge is -2.33. The largest absolute Gasteiger partial charge is 0.453 e. The number of methoxy groups -OCH3 is 1. The number of amides is 3. The van der Waals surface area contributed by atoms with E-state index >= 15 is 0 Å². The number of hydrogen-bond donors (Lipinski definition) is 2. The molecule has 0 spiro atoms. The highest BCUT2D eigenvalue weighted by Crippen LogP contribution is 2.02. The van der Waals surface area contributed by atoms with Gasteiger partial charge < -0.3 is 20.3 Å². The van der Waals surface area contributed by atoms with Gasteiger partial charge in [0.1, 0.15) is 0 Å². The van der Waals surface area contributed by atoms with Crippen LogP contribution in [0.5, 0.6) is 0 Å². The maximum atomic E-state index is 11.6. The van der Waals surface area contributed by atoms with Crippen LogP contribution in [0.3, 0.4) is 0 Å². The second-order valence-corrected chi connectivity index (χ2v) is 5.93. The number of piperazine rings is 1. The minimum atomic E-state index is -0.271. The normalized spacial score (nSPS) is 16.7. The van der Waals surface area contributed by atoms with Gasteiger partial charge in [-0.05, 0) is 20.8 Å². The van der Waals surface area contributed by atoms with E-state index in [1.165, 1.54) is 7.11 Å². The molecule has 1 aliphatic heterocycles. The molecule has 1 aliphatic rings. The Bertz CT molecular complexity index is 333. The summed E-state index contributed by atoms with van der Waals surface area (Å²) < 4.78 is 4.69. The summed E-state index contributed by atoms with van der Waals surface area (Å²) in [4.78, 5) is 26.8. The van der Waals surface area contributed by atoms with Gasteiger partial charge in [0.2, 0.25) is 0 Å². The molecule has 0 aromatic carbocycles. The first-order chi connectivity index (χ1) is 9.31. The van der Waals surface area contributed by atoms with Crippen molar-refractivity contribution < 1.29 is 14.3 Å². The van der Waals surface area contributed by atoms with E-state index in [-0.39, 0.29) is 17.7 Å². The van der Waals surface area contributed by atoms with Gasteiger partial charge >= 0.3 is 12.1 Å². The zero-order valence-electron chi connectivity index (χ0n) is 12.9. The molecule has 0 aromatic rings. The number of carbonyl (C=O) groups excluding carboxylic acids is 2. The highest BCUT2D eigenvalue weighted by atomic mass is 16.5. The summed E-state index contributed by atoms with van der Waals surface area (Å²) in [5.41, 5.74) is -0.226. The molecule has 0 bridgehead atoms. The van der Waals surface area contributed by atoms with Crippen LogP contribution in [0.2, 0.25) is 0 Å². The van der Waals surface area contributed by atoms with Gasteiger partial charge in [0.25, 0.3) is 0 Å². The molecule has 1 fully saturated rings. The van der Waals surface area contributed by atoms with E-state index in [1.54, 1.807) is 4.90 Å². The molecule has 0 aliphatic carbocycles. The Balaban J connectivity index is 2.16. The van der Waals surface area contributed by atoms with Gasteiger partial charge in [-0.2, -0.15) is 0 Å². The number of carbonyl (C=O) groups is 2. The quantitative estimate of drug-likeness (QED) is 0.791. The summed E-state index contributed by atoms with van der Waals surface area (Å²) in [6.07, 6.45) is -0.271. The molecule has 1 rings (SSSR count). The number of ether oxygens (including phenoxy) is 1. The molecule has 0 aromatic heterocycles. The molecule has 1 saturated heterocycles. The molecular formula is C13H26N4O3. The first-order valence-electron chi connectivity index (χ1n) is 6.93. The molecule has 3 amide bonds. The van der Waals surface area contributed by atoms with Crippen molar-refractivity contribution in [3.8, 4) is 0 Å². The van der Waals surface area contributed by atoms with Crippen molar-refractivity contribution in [2.45, 2.75) is 26.3 Å². The Labute approximate surface area is 120 Å². The van der Waals surface area contributed by atoms with Crippen molar-refractivity contribution in [1.82, 2.24) is 20.4 Å². The summed E-state index contributed by atoms with van der Waals surface area (Å²) in [7, 11) is 1.40. The molecule has 7 heteroatoms. The lowest BCUT2D eigenvalue weighted by atomic mass is 10.1. The Kier molecular flexibility index (Phi) is 6.06. The highest BCUT2D eigenvalue weighted by Gasteiger charge is 2.21. The van der Waals surface area contributed by atoms with Crippen molar-refractivity contribution in [1.29, 1.82) is 0 Å². The SMILES string of the molecule is COC(=O)N1CCN(CCNC(=O)NC(C)(C)C)CC1. The summed E-state index contributed by atoms with van der Waals surface area (Å²) in [6.45, 7) is 10.2. The average molecular weight is 286 g/mol. The highest BCUT2D eigenvalue weighted by molar-refractivity contribution is 5.74. The zero-order chi connectivity index (χ0) is 15.2. The second kappa shape index (κ2) is 7.33. The molecule has 0 saturated carbocycles. The third-order valence-corrected chi connectivity index (χ3v) is 3.01. The first kappa shape index (κ1) is 16.6. The lowest BCUT2D eigenvalue weighted by molar-refractivity contribution is 0.0915. The summed E-state index contributed by atoms with van der Waals surface area (Å²) in [5.74, 6) is 0. The molecule has 0 unspecified atom stereocenters. The molecule has 2 N–H and O–H groups in total. The second-order valence-electron chi connectivity index (χ2n) is 5.93. The van der Waals surface area contributed by atoms with Crippen LogP contribution in [0, 0.1) is 0 Å². The fourth-order valence-corrected chi connectivity index (χ4v) is 2.00. The molecule has 20 heavy (non-hydrogen) atoms. The molecule has 1 heterocycles. The predicted octanol–water partition coefficient (Wildman–Crippen LogP) is 0.468. The smallest absolute Gasteiger partial charge is 0.409 e. The minimum Gasteiger partial charge on any atom is -0.453 e. The van der Waals surface area contributed by atoms with E-state index < -0.39 is 0 Å². The van der Waals surface area contributed by atoms with Crippen LogP contribution in [0.15, 0.2) is 0 Å². The van der Waals surface area contributed by atoms with Crippen molar-refractivity contribution in [3.63, 3.8) is 0 Å². The van der Waals surface area contributed by atoms with Crippen molar-refractivity contribution in [2.24, 2.45) is 0 Å². The van der Waals surface area contributed by atoms with Gasteiger partial charge in [0.05, 0.1) is 7.11 Å². The number of rotatable bonds is 3. The molecule has 7 nitrogen and oxygen atoms in total. The van der Waals surface area contributed by atoms with Gasteiger partial charge in [-0.15, -0.1) is 0 Å². The summed E-state index contributed by atoms with van der Waals surface area (Å²) >= 11 is 0. The minimum absolute atomic E-state index is 0.148. The van der Waals surface area contributed by atoms with Crippen LogP contribution >= 0.6 is 0 Å². The van der Waals surface area contributed by atoms with Crippen molar-refractivity contribution in [3.05, 3.63) is 0 Å². The summed E-state index contributed by atoms with van der Waals surface area (Å²) in [5, 5.41) is 5.68. The fourth-order valence-electron chi connectivity index (χ4n) is 2.00. The maximum Gasteiger partial charge on any atom is 0.409 e. The van der Waals surface area contributed by atoms with E-state index in [2.05, 4.69) is 20.3 Å². The van der Waals surface area contributed by atoms with Crippen LogP contribution in [-0.4, -0.2) is 73.8 Å². The topological polar surface area (TPSA) is 73.9 Å². The number of nitrogens with zero attached hydrogens (tertiary/aromatic N) is 2. The van der Waals surface area contributed by atoms with Gasteiger partial charge in [-0.1, -0.05) is 0 Å². The van der Waals surface area contributed by atoms with Crippen LogP contribution < -0.4 is 10.6 Å². The standard InChI is InChI=1S/C13H26N4O3/c1-13(2,3)15-11(18)14-5-6-16-7-9-17(10-8-16)12(19)20-4/h5-10H2,1-4H3,(H2,14,15,18). The van der Waals surface area contributed by atoms with E-state index in [0.717, 1.165) is 19.6 Å². The summed E-state index contributed by atoms with van der Waals surface area (Å²) in [6, 6.07) is -0.148. The molecular weight excluding hydrogens is 260 g/mol. The third kappa shape index (κ3) is 6.10. The van der Waals surface area contributed by atoms with Crippen LogP contribution in [0.25, 0.3) is 0 Å². The number of hydrogen-bond acceptors (Lipinski definition) is 4.